The van der Waals surface area contributed by atoms with Crippen molar-refractivity contribution in [2.75, 3.05) is 7.05 Å². The van der Waals surface area contributed by atoms with Crippen LogP contribution in [0.15, 0.2) is 30.3 Å². The van der Waals surface area contributed by atoms with Crippen molar-refractivity contribution in [1.29, 1.82) is 0 Å². The van der Waals surface area contributed by atoms with Gasteiger partial charge in [-0.1, -0.05) is 30.3 Å². The first kappa shape index (κ1) is 11.0. The molecule has 1 aromatic carbocycles. The van der Waals surface area contributed by atoms with Crippen molar-refractivity contribution in [3.8, 4) is 0 Å². The Morgan fingerprint density at radius 3 is 2.88 bits per heavy atom. The normalized spacial score (nSPS) is 33.0. The Morgan fingerprint density at radius 1 is 1.35 bits per heavy atom. The zero-order chi connectivity index (χ0) is 11.9. The highest BCUT2D eigenvalue weighted by atomic mass is 16.1. The molecule has 2 heteroatoms. The van der Waals surface area contributed by atoms with Gasteiger partial charge in [0.05, 0.1) is 0 Å². The van der Waals surface area contributed by atoms with Gasteiger partial charge in [0.25, 0.3) is 0 Å². The number of carbonyl (C=O) groups is 1. The Balaban J connectivity index is 1.87. The average molecular weight is 229 g/mol. The van der Waals surface area contributed by atoms with Gasteiger partial charge >= 0.3 is 0 Å². The van der Waals surface area contributed by atoms with Crippen molar-refractivity contribution in [2.24, 2.45) is 0 Å². The van der Waals surface area contributed by atoms with Crippen LogP contribution < -0.4 is 0 Å². The summed E-state index contributed by atoms with van der Waals surface area (Å²) < 4.78 is 0. The highest BCUT2D eigenvalue weighted by Crippen LogP contribution is 2.43. The lowest BCUT2D eigenvalue weighted by atomic mass is 9.82. The molecule has 17 heavy (non-hydrogen) atoms. The smallest absolute Gasteiger partial charge is 0.136 e. The molecule has 0 N–H and O–H groups in total. The van der Waals surface area contributed by atoms with E-state index in [0.29, 0.717) is 11.8 Å². The van der Waals surface area contributed by atoms with Gasteiger partial charge in [-0.3, -0.25) is 9.69 Å². The molecule has 0 amide bonds. The summed E-state index contributed by atoms with van der Waals surface area (Å²) >= 11 is 0. The van der Waals surface area contributed by atoms with Crippen LogP contribution in [-0.2, 0) is 11.2 Å². The molecule has 1 aromatic rings. The van der Waals surface area contributed by atoms with E-state index in [4.69, 9.17) is 0 Å². The summed E-state index contributed by atoms with van der Waals surface area (Å²) in [4.78, 5) is 14.3. The Labute approximate surface area is 103 Å². The Kier molecular flexibility index (Phi) is 2.55. The molecule has 2 unspecified atom stereocenters. The topological polar surface area (TPSA) is 20.3 Å². The Morgan fingerprint density at radius 2 is 2.12 bits per heavy atom. The molecule has 0 aliphatic carbocycles. The van der Waals surface area contributed by atoms with Crippen LogP contribution in [-0.4, -0.2) is 29.3 Å². The first-order valence-corrected chi connectivity index (χ1v) is 6.48. The maximum Gasteiger partial charge on any atom is 0.136 e. The van der Waals surface area contributed by atoms with E-state index in [9.17, 15) is 4.79 Å². The van der Waals surface area contributed by atoms with Crippen molar-refractivity contribution in [3.05, 3.63) is 35.9 Å². The number of carbonyl (C=O) groups excluding carboxylic acids is 1. The largest absolute Gasteiger partial charge is 0.300 e. The minimum absolute atomic E-state index is 0.112. The Bertz CT molecular complexity index is 428. The number of ketones is 1. The number of piperidine rings is 1. The molecule has 0 aromatic heterocycles. The van der Waals surface area contributed by atoms with Gasteiger partial charge in [0.1, 0.15) is 5.78 Å². The van der Waals surface area contributed by atoms with E-state index in [1.165, 1.54) is 18.4 Å². The van der Waals surface area contributed by atoms with E-state index in [1.54, 1.807) is 0 Å². The van der Waals surface area contributed by atoms with E-state index < -0.39 is 0 Å². The van der Waals surface area contributed by atoms with Crippen molar-refractivity contribution in [3.63, 3.8) is 0 Å². The second-order valence-electron chi connectivity index (χ2n) is 5.61. The summed E-state index contributed by atoms with van der Waals surface area (Å²) in [7, 11) is 2.20. The lowest BCUT2D eigenvalue weighted by Gasteiger charge is -2.42. The minimum Gasteiger partial charge on any atom is -0.300 e. The number of hydrogen-bond acceptors (Lipinski definition) is 2. The van der Waals surface area contributed by atoms with Crippen LogP contribution in [0.5, 0.6) is 0 Å². The van der Waals surface area contributed by atoms with Gasteiger partial charge in [-0.25, -0.2) is 0 Å². The third kappa shape index (κ3) is 1.81. The summed E-state index contributed by atoms with van der Waals surface area (Å²) in [6.07, 6.45) is 4.90. The number of Topliss-reactive ketones (excluding diaryl/α,β-unsaturated/α-hetero) is 1. The SMILES string of the molecule is CN1C2CCC1(Cc1ccccc1)CC(=O)C2. The van der Waals surface area contributed by atoms with Crippen molar-refractivity contribution < 1.29 is 4.79 Å². The van der Waals surface area contributed by atoms with E-state index in [1.807, 2.05) is 6.07 Å². The highest BCUT2D eigenvalue weighted by molar-refractivity contribution is 5.81. The van der Waals surface area contributed by atoms with Crippen molar-refractivity contribution >= 4 is 5.78 Å². The third-order valence-electron chi connectivity index (χ3n) is 4.60. The van der Waals surface area contributed by atoms with E-state index in [2.05, 4.69) is 36.2 Å². The average Bonchev–Trinajstić information content (AvgIpc) is 2.51. The lowest BCUT2D eigenvalue weighted by Crippen LogP contribution is -2.52. The summed E-state index contributed by atoms with van der Waals surface area (Å²) in [5.41, 5.74) is 1.47. The maximum absolute atomic E-state index is 11.8. The zero-order valence-corrected chi connectivity index (χ0v) is 10.4. The van der Waals surface area contributed by atoms with Crippen LogP contribution in [0.3, 0.4) is 0 Å². The summed E-state index contributed by atoms with van der Waals surface area (Å²) in [5.74, 6) is 0.460. The van der Waals surface area contributed by atoms with Gasteiger partial charge in [-0.05, 0) is 31.9 Å². The van der Waals surface area contributed by atoms with Gasteiger partial charge in [0, 0.05) is 24.4 Å². The highest BCUT2D eigenvalue weighted by Gasteiger charge is 2.49. The van der Waals surface area contributed by atoms with Crippen LogP contribution in [0.4, 0.5) is 0 Å². The number of hydrogen-bond donors (Lipinski definition) is 0. The molecule has 2 aliphatic rings. The molecule has 2 nitrogen and oxygen atoms in total. The maximum atomic E-state index is 11.8. The van der Waals surface area contributed by atoms with E-state index >= 15 is 0 Å². The molecule has 0 saturated carbocycles. The molecule has 2 saturated heterocycles. The first-order valence-electron chi connectivity index (χ1n) is 6.48. The van der Waals surface area contributed by atoms with Crippen LogP contribution in [0, 0.1) is 0 Å². The second kappa shape index (κ2) is 3.95. The van der Waals surface area contributed by atoms with Gasteiger partial charge < -0.3 is 0 Å². The van der Waals surface area contributed by atoms with Crippen LogP contribution in [0.25, 0.3) is 0 Å². The third-order valence-corrected chi connectivity index (χ3v) is 4.60. The van der Waals surface area contributed by atoms with E-state index in [0.717, 1.165) is 19.3 Å². The molecule has 0 spiro atoms. The monoisotopic (exact) mass is 229 g/mol. The fourth-order valence-corrected chi connectivity index (χ4v) is 3.60. The zero-order valence-electron chi connectivity index (χ0n) is 10.4. The fourth-order valence-electron chi connectivity index (χ4n) is 3.60. The first-order chi connectivity index (χ1) is 8.20. The van der Waals surface area contributed by atoms with Gasteiger partial charge in [-0.2, -0.15) is 0 Å². The molecule has 3 rings (SSSR count). The molecule has 90 valence electrons. The minimum atomic E-state index is 0.112. The van der Waals surface area contributed by atoms with Crippen molar-refractivity contribution in [1.82, 2.24) is 4.90 Å². The standard InChI is InChI=1S/C15H19NO/c1-16-13-7-8-15(16,11-14(17)9-13)10-12-5-3-2-4-6-12/h2-6,13H,7-11H2,1H3. The van der Waals surface area contributed by atoms with Gasteiger partial charge in [-0.15, -0.1) is 0 Å². The van der Waals surface area contributed by atoms with Gasteiger partial charge in [0.15, 0.2) is 0 Å². The molecule has 2 bridgehead atoms. The second-order valence-corrected chi connectivity index (χ2v) is 5.61. The van der Waals surface area contributed by atoms with Gasteiger partial charge in [0.2, 0.25) is 0 Å². The van der Waals surface area contributed by atoms with Crippen LogP contribution in [0.2, 0.25) is 0 Å². The quantitative estimate of drug-likeness (QED) is 0.776. The predicted octanol–water partition coefficient (Wildman–Crippen LogP) is 2.43. The fraction of sp³-hybridized carbons (Fsp3) is 0.533. The predicted molar refractivity (Wildman–Crippen MR) is 67.9 cm³/mol. The van der Waals surface area contributed by atoms with E-state index in [-0.39, 0.29) is 5.54 Å². The molecular weight excluding hydrogens is 210 g/mol. The summed E-state index contributed by atoms with van der Waals surface area (Å²) in [6.45, 7) is 0. The molecule has 2 aliphatic heterocycles. The van der Waals surface area contributed by atoms with Crippen LogP contribution in [0.1, 0.15) is 31.2 Å². The summed E-state index contributed by atoms with van der Waals surface area (Å²) in [5, 5.41) is 0. The molecule has 0 radical (unpaired) electrons. The number of likely N-dealkylation sites (N-methyl/N-ethyl adjacent to an activating group) is 1. The lowest BCUT2D eigenvalue weighted by molar-refractivity contribution is -0.126. The van der Waals surface area contributed by atoms with Crippen molar-refractivity contribution in [2.45, 2.75) is 43.7 Å². The number of fused-ring (bicyclic) bond motifs is 2. The number of benzene rings is 1. The number of rotatable bonds is 2. The molecule has 2 heterocycles. The molecular formula is C15H19NO. The number of nitrogens with zero attached hydrogens (tertiary/aromatic N) is 1. The van der Waals surface area contributed by atoms with Crippen LogP contribution >= 0.6 is 0 Å². The molecule has 2 atom stereocenters. The Hall–Kier alpha value is -1.15. The molecule has 2 fully saturated rings. The summed E-state index contributed by atoms with van der Waals surface area (Å²) in [6, 6.07) is 11.1.